The molecule has 30 heavy (non-hydrogen) atoms. The zero-order valence-corrected chi connectivity index (χ0v) is 17.3. The highest BCUT2D eigenvalue weighted by Crippen LogP contribution is 2.31. The van der Waals surface area contributed by atoms with Crippen LogP contribution < -0.4 is 14.8 Å². The second-order valence-corrected chi connectivity index (χ2v) is 7.18. The lowest BCUT2D eigenvalue weighted by Gasteiger charge is -2.13. The number of amides is 1. The Balaban J connectivity index is 1.59. The van der Waals surface area contributed by atoms with Crippen LogP contribution >= 0.6 is 11.3 Å². The third kappa shape index (κ3) is 4.01. The summed E-state index contributed by atoms with van der Waals surface area (Å²) in [5, 5.41) is 5.75. The molecule has 0 radical (unpaired) electrons. The Hall–Kier alpha value is -3.71. The molecule has 6 nitrogen and oxygen atoms in total. The average molecular weight is 417 g/mol. The maximum absolute atomic E-state index is 12.9. The highest BCUT2D eigenvalue weighted by molar-refractivity contribution is 7.13. The first kappa shape index (κ1) is 19.6. The number of benzene rings is 2. The Bertz CT molecular complexity index is 1150. The van der Waals surface area contributed by atoms with Crippen molar-refractivity contribution in [3.05, 3.63) is 77.8 Å². The van der Waals surface area contributed by atoms with Crippen LogP contribution in [0.3, 0.4) is 0 Å². The second kappa shape index (κ2) is 8.75. The van der Waals surface area contributed by atoms with Crippen LogP contribution in [0.1, 0.15) is 10.4 Å². The summed E-state index contributed by atoms with van der Waals surface area (Å²) < 4.78 is 10.7. The van der Waals surface area contributed by atoms with Gasteiger partial charge in [0.1, 0.15) is 22.1 Å². The summed E-state index contributed by atoms with van der Waals surface area (Å²) in [5.41, 5.74) is 3.56. The van der Waals surface area contributed by atoms with Gasteiger partial charge >= 0.3 is 0 Å². The smallest absolute Gasteiger partial charge is 0.263 e. The molecule has 2 heterocycles. The van der Waals surface area contributed by atoms with Crippen molar-refractivity contribution in [3.8, 4) is 33.5 Å². The molecule has 2 aromatic carbocycles. The fourth-order valence-corrected chi connectivity index (χ4v) is 3.84. The third-order valence-corrected chi connectivity index (χ3v) is 5.32. The lowest BCUT2D eigenvalue weighted by molar-refractivity contribution is 0.102. The van der Waals surface area contributed by atoms with E-state index >= 15 is 0 Å². The molecule has 2 aromatic heterocycles. The van der Waals surface area contributed by atoms with Gasteiger partial charge in [-0.25, -0.2) is 4.98 Å². The Morgan fingerprint density at radius 3 is 2.40 bits per heavy atom. The lowest BCUT2D eigenvalue weighted by Crippen LogP contribution is -2.14. The molecular weight excluding hydrogens is 398 g/mol. The van der Waals surface area contributed by atoms with Gasteiger partial charge in [-0.15, -0.1) is 11.3 Å². The van der Waals surface area contributed by atoms with Crippen LogP contribution in [0.4, 0.5) is 5.69 Å². The summed E-state index contributed by atoms with van der Waals surface area (Å²) in [6.45, 7) is 0. The van der Waals surface area contributed by atoms with Crippen molar-refractivity contribution in [1.82, 2.24) is 9.97 Å². The van der Waals surface area contributed by atoms with E-state index in [1.807, 2.05) is 47.8 Å². The number of anilines is 1. The molecule has 0 saturated carbocycles. The van der Waals surface area contributed by atoms with E-state index in [0.717, 1.165) is 22.0 Å². The maximum Gasteiger partial charge on any atom is 0.263 e. The number of rotatable bonds is 6. The first-order valence-corrected chi connectivity index (χ1v) is 10.1. The number of thiazole rings is 1. The normalized spacial score (nSPS) is 10.5. The second-order valence-electron chi connectivity index (χ2n) is 6.33. The van der Waals surface area contributed by atoms with Crippen molar-refractivity contribution in [2.45, 2.75) is 0 Å². The summed E-state index contributed by atoms with van der Waals surface area (Å²) in [6, 6.07) is 18.5. The molecule has 0 aliphatic carbocycles. The molecule has 0 spiro atoms. The molecule has 7 heteroatoms. The predicted molar refractivity (Wildman–Crippen MR) is 118 cm³/mol. The van der Waals surface area contributed by atoms with Crippen LogP contribution in [0.15, 0.2) is 72.2 Å². The van der Waals surface area contributed by atoms with E-state index in [1.54, 1.807) is 24.4 Å². The quantitative estimate of drug-likeness (QED) is 0.470. The van der Waals surface area contributed by atoms with Crippen molar-refractivity contribution >= 4 is 22.9 Å². The number of aromatic nitrogens is 2. The fourth-order valence-electron chi connectivity index (χ4n) is 3.04. The van der Waals surface area contributed by atoms with Gasteiger partial charge in [-0.1, -0.05) is 24.3 Å². The van der Waals surface area contributed by atoms with Crippen LogP contribution in [-0.4, -0.2) is 30.1 Å². The molecule has 0 saturated heterocycles. The van der Waals surface area contributed by atoms with Gasteiger partial charge in [-0.3, -0.25) is 9.78 Å². The number of methoxy groups -OCH3 is 2. The lowest BCUT2D eigenvalue weighted by atomic mass is 10.1. The molecule has 150 valence electrons. The van der Waals surface area contributed by atoms with Gasteiger partial charge in [0.2, 0.25) is 0 Å². The molecular formula is C23H19N3O3S. The number of nitrogens with one attached hydrogen (secondary N) is 1. The molecule has 4 rings (SSSR count). The summed E-state index contributed by atoms with van der Waals surface area (Å²) in [5.74, 6) is 0.582. The Morgan fingerprint density at radius 1 is 0.933 bits per heavy atom. The topological polar surface area (TPSA) is 73.3 Å². The highest BCUT2D eigenvalue weighted by Gasteiger charge is 2.18. The van der Waals surface area contributed by atoms with Crippen LogP contribution in [0, 0.1) is 0 Å². The highest BCUT2D eigenvalue weighted by atomic mass is 32.1. The Morgan fingerprint density at radius 2 is 1.70 bits per heavy atom. The zero-order chi connectivity index (χ0) is 20.9. The SMILES string of the molecule is COc1cccc(OC)c1C(=O)Nc1cccc(-c2csc(-c3ccccn3)n2)c1. The van der Waals surface area contributed by atoms with E-state index in [0.29, 0.717) is 22.7 Å². The van der Waals surface area contributed by atoms with E-state index in [1.165, 1.54) is 25.6 Å². The zero-order valence-electron chi connectivity index (χ0n) is 16.5. The summed E-state index contributed by atoms with van der Waals surface area (Å²) in [7, 11) is 3.04. The van der Waals surface area contributed by atoms with Crippen LogP contribution in [0.25, 0.3) is 22.0 Å². The molecule has 1 N–H and O–H groups in total. The first-order valence-electron chi connectivity index (χ1n) is 9.19. The van der Waals surface area contributed by atoms with Gasteiger partial charge in [0.25, 0.3) is 5.91 Å². The number of nitrogens with zero attached hydrogens (tertiary/aromatic N) is 2. The van der Waals surface area contributed by atoms with Crippen molar-refractivity contribution in [3.63, 3.8) is 0 Å². The monoisotopic (exact) mass is 417 g/mol. The molecule has 0 bridgehead atoms. The Kier molecular flexibility index (Phi) is 5.72. The molecule has 4 aromatic rings. The number of ether oxygens (including phenoxy) is 2. The summed E-state index contributed by atoms with van der Waals surface area (Å²) >= 11 is 1.53. The van der Waals surface area contributed by atoms with E-state index in [4.69, 9.17) is 9.47 Å². The van der Waals surface area contributed by atoms with E-state index in [2.05, 4.69) is 15.3 Å². The number of pyridine rings is 1. The Labute approximate surface area is 178 Å². The maximum atomic E-state index is 12.9. The number of carbonyl (C=O) groups excluding carboxylic acids is 1. The molecule has 0 fully saturated rings. The minimum atomic E-state index is -0.311. The van der Waals surface area contributed by atoms with E-state index in [9.17, 15) is 4.79 Å². The summed E-state index contributed by atoms with van der Waals surface area (Å²) in [4.78, 5) is 22.0. The minimum absolute atomic E-state index is 0.311. The fraction of sp³-hybridized carbons (Fsp3) is 0.0870. The molecule has 0 aliphatic heterocycles. The van der Waals surface area contributed by atoms with Crippen LogP contribution in [0.2, 0.25) is 0 Å². The standard InChI is InChI=1S/C23H19N3O3S/c1-28-19-10-6-11-20(29-2)21(19)22(27)25-16-8-5-7-15(13-16)18-14-30-23(26-18)17-9-3-4-12-24-17/h3-14H,1-2H3,(H,25,27). The van der Waals surface area contributed by atoms with Gasteiger partial charge < -0.3 is 14.8 Å². The molecule has 1 amide bonds. The van der Waals surface area contributed by atoms with Gasteiger partial charge in [0.05, 0.1) is 25.6 Å². The third-order valence-electron chi connectivity index (χ3n) is 4.46. The van der Waals surface area contributed by atoms with E-state index in [-0.39, 0.29) is 5.91 Å². The first-order chi connectivity index (χ1) is 14.7. The van der Waals surface area contributed by atoms with Crippen LogP contribution in [-0.2, 0) is 0 Å². The average Bonchev–Trinajstić information content (AvgIpc) is 3.29. The van der Waals surface area contributed by atoms with Crippen LogP contribution in [0.5, 0.6) is 11.5 Å². The number of hydrogen-bond acceptors (Lipinski definition) is 6. The predicted octanol–water partition coefficient (Wildman–Crippen LogP) is 5.14. The van der Waals surface area contributed by atoms with Gasteiger partial charge in [-0.2, -0.15) is 0 Å². The van der Waals surface area contributed by atoms with Gasteiger partial charge in [-0.05, 0) is 36.4 Å². The molecule has 0 aliphatic rings. The van der Waals surface area contributed by atoms with Crippen molar-refractivity contribution in [1.29, 1.82) is 0 Å². The molecule has 0 atom stereocenters. The van der Waals surface area contributed by atoms with Gasteiger partial charge in [0, 0.05) is 22.8 Å². The number of carbonyl (C=O) groups is 1. The van der Waals surface area contributed by atoms with Crippen molar-refractivity contribution < 1.29 is 14.3 Å². The summed E-state index contributed by atoms with van der Waals surface area (Å²) in [6.07, 6.45) is 1.75. The minimum Gasteiger partial charge on any atom is -0.496 e. The molecule has 0 unspecified atom stereocenters. The van der Waals surface area contributed by atoms with E-state index < -0.39 is 0 Å². The van der Waals surface area contributed by atoms with Gasteiger partial charge in [0.15, 0.2) is 0 Å². The number of hydrogen-bond donors (Lipinski definition) is 1. The largest absolute Gasteiger partial charge is 0.496 e. The van der Waals surface area contributed by atoms with Crippen molar-refractivity contribution in [2.24, 2.45) is 0 Å². The van der Waals surface area contributed by atoms with Crippen molar-refractivity contribution in [2.75, 3.05) is 19.5 Å².